The average molecular weight is 637 g/mol. The topological polar surface area (TPSA) is 125 Å². The molecule has 0 bridgehead atoms. The Balaban J connectivity index is 0.00000384. The Morgan fingerprint density at radius 2 is 1.75 bits per heavy atom. The number of hydrogen-bond acceptors (Lipinski definition) is 9. The van der Waals surface area contributed by atoms with Crippen LogP contribution < -0.4 is 0 Å². The molecule has 1 saturated heterocycles. The van der Waals surface area contributed by atoms with Gasteiger partial charge in [-0.25, -0.2) is 0 Å². The molecule has 1 aliphatic heterocycles. The molecule has 1 N–H and O–H groups in total. The number of carbonyl (C=O) groups excluding carboxylic acids is 4. The second-order valence-corrected chi connectivity index (χ2v) is 16.1. The van der Waals surface area contributed by atoms with Gasteiger partial charge in [0.05, 0.1) is 17.8 Å². The molecule has 5 aliphatic carbocycles. The van der Waals surface area contributed by atoms with Crippen molar-refractivity contribution in [2.45, 2.75) is 136 Å². The van der Waals surface area contributed by atoms with Crippen molar-refractivity contribution in [3.63, 3.8) is 0 Å². The molecule has 0 amide bonds. The molecular formula is C34H52O9S. The summed E-state index contributed by atoms with van der Waals surface area (Å²) >= 11 is 0. The van der Waals surface area contributed by atoms with Gasteiger partial charge in [0.2, 0.25) is 6.29 Å². The van der Waals surface area contributed by atoms with E-state index in [4.69, 9.17) is 18.9 Å². The lowest BCUT2D eigenvalue weighted by molar-refractivity contribution is -0.216. The predicted molar refractivity (Wildman–Crippen MR) is 165 cm³/mol. The quantitative estimate of drug-likeness (QED) is 0.224. The second kappa shape index (κ2) is 11.4. The lowest BCUT2D eigenvalue weighted by Crippen LogP contribution is -2.56. The minimum Gasteiger partial charge on any atom is -0.457 e. The molecule has 2 spiro atoms. The number of carbonyl (C=O) groups is 4. The van der Waals surface area contributed by atoms with Gasteiger partial charge in [-0.2, -0.15) is 13.5 Å². The maximum absolute atomic E-state index is 14.4. The number of rotatable bonds is 9. The summed E-state index contributed by atoms with van der Waals surface area (Å²) in [7, 11) is 0. The first-order valence-corrected chi connectivity index (χ1v) is 16.4. The summed E-state index contributed by atoms with van der Waals surface area (Å²) in [6.07, 6.45) is 6.83. The van der Waals surface area contributed by atoms with Gasteiger partial charge >= 0.3 is 5.97 Å². The van der Waals surface area contributed by atoms with Crippen molar-refractivity contribution in [2.24, 2.45) is 45.3 Å². The van der Waals surface area contributed by atoms with Crippen molar-refractivity contribution < 1.29 is 43.2 Å². The second-order valence-electron chi connectivity index (χ2n) is 16.1. The van der Waals surface area contributed by atoms with Crippen molar-refractivity contribution in [2.75, 3.05) is 6.61 Å². The Morgan fingerprint density at radius 3 is 2.39 bits per heavy atom. The third kappa shape index (κ3) is 4.87. The Kier molecular flexibility index (Phi) is 8.83. The SMILES string of the molecule is CC(=O)O[C@@H](C1CCC2C(O1)C(=O)C1C3CCC4C(C)(C)[C@@H](OC(C=O)OCC=O)CCC45C[C@@]35CC[C@]21C)C(C)(C)O.S. The van der Waals surface area contributed by atoms with Crippen LogP contribution in [0.15, 0.2) is 0 Å². The van der Waals surface area contributed by atoms with Crippen LogP contribution in [0.4, 0.5) is 0 Å². The summed E-state index contributed by atoms with van der Waals surface area (Å²) in [6, 6.07) is 0. The molecular weight excluding hydrogens is 584 g/mol. The van der Waals surface area contributed by atoms with Crippen LogP contribution in [0.25, 0.3) is 0 Å². The molecule has 6 fully saturated rings. The number of esters is 1. The molecule has 44 heavy (non-hydrogen) atoms. The minimum absolute atomic E-state index is 0. The van der Waals surface area contributed by atoms with Crippen LogP contribution in [0.5, 0.6) is 0 Å². The average Bonchev–Trinajstić information content (AvgIpc) is 3.55. The monoisotopic (exact) mass is 636 g/mol. The van der Waals surface area contributed by atoms with Gasteiger partial charge in [0.25, 0.3) is 0 Å². The third-order valence-corrected chi connectivity index (χ3v) is 13.4. The van der Waals surface area contributed by atoms with E-state index in [0.717, 1.165) is 51.4 Å². The third-order valence-electron chi connectivity index (χ3n) is 13.4. The molecule has 0 aromatic heterocycles. The van der Waals surface area contributed by atoms with Crippen molar-refractivity contribution in [1.82, 2.24) is 0 Å². The van der Waals surface area contributed by atoms with E-state index >= 15 is 0 Å². The molecule has 6 aliphatic rings. The number of aliphatic hydroxyl groups is 1. The van der Waals surface area contributed by atoms with Crippen LogP contribution in [0.2, 0.25) is 0 Å². The highest BCUT2D eigenvalue weighted by Gasteiger charge is 2.82. The van der Waals surface area contributed by atoms with E-state index in [2.05, 4.69) is 20.8 Å². The van der Waals surface area contributed by atoms with Gasteiger partial charge in [0.1, 0.15) is 19.0 Å². The highest BCUT2D eigenvalue weighted by Crippen LogP contribution is 2.87. The summed E-state index contributed by atoms with van der Waals surface area (Å²) in [6.45, 7) is 11.3. The lowest BCUT2D eigenvalue weighted by atomic mass is 9.46. The smallest absolute Gasteiger partial charge is 0.303 e. The van der Waals surface area contributed by atoms with Gasteiger partial charge in [-0.05, 0) is 111 Å². The predicted octanol–water partition coefficient (Wildman–Crippen LogP) is 4.31. The van der Waals surface area contributed by atoms with E-state index in [1.165, 1.54) is 6.92 Å². The fraction of sp³-hybridized carbons (Fsp3) is 0.882. The fourth-order valence-corrected chi connectivity index (χ4v) is 11.7. The zero-order valence-corrected chi connectivity index (χ0v) is 28.1. The van der Waals surface area contributed by atoms with Crippen molar-refractivity contribution in [3.8, 4) is 0 Å². The van der Waals surface area contributed by atoms with Crippen LogP contribution in [0.1, 0.15) is 99.3 Å². The number of hydrogen-bond donors (Lipinski definition) is 1. The maximum Gasteiger partial charge on any atom is 0.303 e. The Bertz CT molecular complexity index is 1170. The maximum atomic E-state index is 14.4. The molecule has 6 rings (SSSR count). The Labute approximate surface area is 268 Å². The van der Waals surface area contributed by atoms with Crippen molar-refractivity contribution >= 4 is 37.8 Å². The van der Waals surface area contributed by atoms with E-state index < -0.39 is 36.2 Å². The van der Waals surface area contributed by atoms with Gasteiger partial charge in [0, 0.05) is 12.8 Å². The molecule has 9 nitrogen and oxygen atoms in total. The number of ether oxygens (including phenoxy) is 4. The number of ketones is 1. The standard InChI is InChI=1S/C34H50O9.H2S/c1-19(37)41-29(31(4,5)39)22-9-7-21-28(42-22)27(38)26-20-8-10-23-30(2,3)24(43-25(17-36)40-16-15-35)11-12-34(23)18-33(20,34)14-13-32(21,26)6;/h15,17,20-26,28-29,39H,7-14,16,18H2,1-6H3;1H2/t20?,21?,22?,23?,24-,25?,26?,28?,29-,32+,33-,34?;/m0./s1. The molecule has 0 radical (unpaired) electrons. The molecule has 5 saturated carbocycles. The van der Waals surface area contributed by atoms with E-state index in [9.17, 15) is 24.3 Å². The van der Waals surface area contributed by atoms with E-state index in [0.29, 0.717) is 30.8 Å². The molecule has 0 aromatic rings. The first-order valence-electron chi connectivity index (χ1n) is 16.4. The Morgan fingerprint density at radius 1 is 1.05 bits per heavy atom. The summed E-state index contributed by atoms with van der Waals surface area (Å²) in [4.78, 5) is 48.7. The van der Waals surface area contributed by atoms with Crippen LogP contribution in [0.3, 0.4) is 0 Å². The van der Waals surface area contributed by atoms with E-state index in [1.807, 2.05) is 0 Å². The van der Waals surface area contributed by atoms with Crippen LogP contribution in [-0.4, -0.2) is 72.3 Å². The van der Waals surface area contributed by atoms with Gasteiger partial charge in [-0.15, -0.1) is 0 Å². The van der Waals surface area contributed by atoms with E-state index in [-0.39, 0.29) is 65.5 Å². The summed E-state index contributed by atoms with van der Waals surface area (Å²) in [5.41, 5.74) is -1.25. The normalized spacial score (nSPS) is 44.7. The molecule has 12 atom stereocenters. The minimum atomic E-state index is -1.29. The molecule has 8 unspecified atom stereocenters. The van der Waals surface area contributed by atoms with Gasteiger partial charge in [0.15, 0.2) is 18.2 Å². The van der Waals surface area contributed by atoms with Gasteiger partial charge in [-0.3, -0.25) is 14.4 Å². The molecule has 248 valence electrons. The largest absolute Gasteiger partial charge is 0.457 e. The summed E-state index contributed by atoms with van der Waals surface area (Å²) < 4.78 is 23.6. The zero-order chi connectivity index (χ0) is 31.2. The number of Topliss-reactive ketones (excluding diaryl/α,β-unsaturated/α-hetero) is 1. The van der Waals surface area contributed by atoms with Gasteiger partial charge < -0.3 is 28.8 Å². The molecule has 0 aromatic carbocycles. The number of fused-ring (bicyclic) bond motifs is 4. The first kappa shape index (κ1) is 34.0. The zero-order valence-electron chi connectivity index (χ0n) is 27.1. The summed E-state index contributed by atoms with van der Waals surface area (Å²) in [5.74, 6) is 0.598. The van der Waals surface area contributed by atoms with Crippen molar-refractivity contribution in [3.05, 3.63) is 0 Å². The first-order chi connectivity index (χ1) is 20.2. The fourth-order valence-electron chi connectivity index (χ4n) is 11.7. The van der Waals surface area contributed by atoms with E-state index in [1.54, 1.807) is 13.8 Å². The molecule has 10 heteroatoms. The lowest BCUT2D eigenvalue weighted by Gasteiger charge is -2.59. The van der Waals surface area contributed by atoms with Gasteiger partial charge in [-0.1, -0.05) is 20.8 Å². The molecule has 1 heterocycles. The Hall–Kier alpha value is -1.33. The highest BCUT2D eigenvalue weighted by molar-refractivity contribution is 7.59. The van der Waals surface area contributed by atoms with Crippen LogP contribution in [-0.2, 0) is 38.1 Å². The van der Waals surface area contributed by atoms with Crippen LogP contribution >= 0.6 is 13.5 Å². The van der Waals surface area contributed by atoms with Crippen LogP contribution in [0, 0.1) is 45.3 Å². The number of aldehydes is 2. The van der Waals surface area contributed by atoms with Crippen molar-refractivity contribution in [1.29, 1.82) is 0 Å². The highest BCUT2D eigenvalue weighted by atomic mass is 32.1. The summed E-state index contributed by atoms with van der Waals surface area (Å²) in [5, 5.41) is 10.8.